The molecule has 4 nitrogen and oxygen atoms in total. The van der Waals surface area contributed by atoms with Crippen molar-refractivity contribution in [3.8, 4) is 0 Å². The smallest absolute Gasteiger partial charge is 0.237 e. The summed E-state index contributed by atoms with van der Waals surface area (Å²) in [6, 6.07) is -0.0302. The largest absolute Gasteiger partial charge is 0.373 e. The van der Waals surface area contributed by atoms with Gasteiger partial charge in [-0.1, -0.05) is 33.1 Å². The van der Waals surface area contributed by atoms with Gasteiger partial charge in [0.2, 0.25) is 5.91 Å². The number of nitrogens with zero attached hydrogens (tertiary/aromatic N) is 1. The second-order valence-corrected chi connectivity index (χ2v) is 7.65. The van der Waals surface area contributed by atoms with Crippen LogP contribution in [-0.2, 0) is 9.53 Å². The molecule has 1 amide bonds. The summed E-state index contributed by atoms with van der Waals surface area (Å²) >= 11 is 0. The molecule has 0 bridgehead atoms. The second kappa shape index (κ2) is 8.30. The van der Waals surface area contributed by atoms with Gasteiger partial charge in [0.15, 0.2) is 0 Å². The molecular formula is C18H34N2O2. The van der Waals surface area contributed by atoms with Crippen molar-refractivity contribution in [2.24, 2.45) is 11.8 Å². The molecule has 0 spiro atoms. The molecule has 4 heteroatoms. The van der Waals surface area contributed by atoms with Crippen LogP contribution in [0.25, 0.3) is 0 Å². The predicted molar refractivity (Wildman–Crippen MR) is 89.8 cm³/mol. The number of hydrogen-bond donors (Lipinski definition) is 1. The van der Waals surface area contributed by atoms with Gasteiger partial charge in [0.25, 0.3) is 0 Å². The fourth-order valence-electron chi connectivity index (χ4n) is 4.08. The van der Waals surface area contributed by atoms with Crippen LogP contribution in [0.2, 0.25) is 0 Å². The SMILES string of the molecule is CC1CN(C(C(=O)NCC2CCCCC2)C(C)C)CC(C)O1. The fourth-order valence-corrected chi connectivity index (χ4v) is 4.08. The van der Waals surface area contributed by atoms with Gasteiger partial charge in [0.05, 0.1) is 18.2 Å². The molecule has 2 aliphatic rings. The molecule has 0 radical (unpaired) electrons. The van der Waals surface area contributed by atoms with E-state index >= 15 is 0 Å². The lowest BCUT2D eigenvalue weighted by molar-refractivity contribution is -0.135. The van der Waals surface area contributed by atoms with Crippen molar-refractivity contribution in [2.75, 3.05) is 19.6 Å². The van der Waals surface area contributed by atoms with E-state index in [1.54, 1.807) is 0 Å². The van der Waals surface area contributed by atoms with Crippen LogP contribution in [0.4, 0.5) is 0 Å². The molecule has 128 valence electrons. The Morgan fingerprint density at radius 2 is 1.73 bits per heavy atom. The lowest BCUT2D eigenvalue weighted by atomic mass is 9.89. The van der Waals surface area contributed by atoms with Crippen molar-refractivity contribution < 1.29 is 9.53 Å². The van der Waals surface area contributed by atoms with Crippen molar-refractivity contribution in [2.45, 2.75) is 78.0 Å². The lowest BCUT2D eigenvalue weighted by Gasteiger charge is -2.41. The van der Waals surface area contributed by atoms with E-state index in [1.165, 1.54) is 32.1 Å². The number of nitrogens with one attached hydrogen (secondary N) is 1. The molecule has 0 aromatic heterocycles. The Kier molecular flexibility index (Phi) is 6.69. The minimum absolute atomic E-state index is 0.0302. The van der Waals surface area contributed by atoms with Gasteiger partial charge in [0.1, 0.15) is 0 Å². The van der Waals surface area contributed by atoms with Crippen LogP contribution in [-0.4, -0.2) is 48.7 Å². The van der Waals surface area contributed by atoms with Crippen molar-refractivity contribution in [3.05, 3.63) is 0 Å². The molecule has 3 unspecified atom stereocenters. The Morgan fingerprint density at radius 3 is 2.27 bits per heavy atom. The van der Waals surface area contributed by atoms with Crippen LogP contribution in [0.15, 0.2) is 0 Å². The maximum Gasteiger partial charge on any atom is 0.237 e. The maximum atomic E-state index is 12.7. The van der Waals surface area contributed by atoms with Crippen LogP contribution in [0.3, 0.4) is 0 Å². The van der Waals surface area contributed by atoms with E-state index in [1.807, 2.05) is 0 Å². The van der Waals surface area contributed by atoms with Gasteiger partial charge in [-0.3, -0.25) is 9.69 Å². The van der Waals surface area contributed by atoms with Crippen molar-refractivity contribution >= 4 is 5.91 Å². The predicted octanol–water partition coefficient (Wildman–Crippen LogP) is 2.82. The Bertz CT molecular complexity index is 343. The van der Waals surface area contributed by atoms with Crippen LogP contribution in [0.5, 0.6) is 0 Å². The van der Waals surface area contributed by atoms with Gasteiger partial charge in [-0.2, -0.15) is 0 Å². The van der Waals surface area contributed by atoms with Crippen LogP contribution in [0.1, 0.15) is 59.8 Å². The van der Waals surface area contributed by atoms with Gasteiger partial charge >= 0.3 is 0 Å². The summed E-state index contributed by atoms with van der Waals surface area (Å²) in [6.45, 7) is 11.1. The molecule has 1 aliphatic carbocycles. The number of ether oxygens (including phenoxy) is 1. The highest BCUT2D eigenvalue weighted by Gasteiger charge is 2.34. The molecule has 1 N–H and O–H groups in total. The van der Waals surface area contributed by atoms with E-state index in [0.717, 1.165) is 19.6 Å². The van der Waals surface area contributed by atoms with E-state index < -0.39 is 0 Å². The van der Waals surface area contributed by atoms with E-state index in [2.05, 4.69) is 37.9 Å². The number of amides is 1. The van der Waals surface area contributed by atoms with Crippen LogP contribution >= 0.6 is 0 Å². The lowest BCUT2D eigenvalue weighted by Crippen LogP contribution is -2.57. The molecule has 3 atom stereocenters. The summed E-state index contributed by atoms with van der Waals surface area (Å²) in [5, 5.41) is 3.24. The number of carbonyl (C=O) groups excluding carboxylic acids is 1. The molecule has 2 fully saturated rings. The summed E-state index contributed by atoms with van der Waals surface area (Å²) in [5.41, 5.74) is 0. The fraction of sp³-hybridized carbons (Fsp3) is 0.944. The summed E-state index contributed by atoms with van der Waals surface area (Å²) in [4.78, 5) is 15.1. The summed E-state index contributed by atoms with van der Waals surface area (Å²) in [6.07, 6.45) is 6.98. The summed E-state index contributed by atoms with van der Waals surface area (Å²) < 4.78 is 5.81. The zero-order valence-electron chi connectivity index (χ0n) is 14.8. The van der Waals surface area contributed by atoms with Gasteiger partial charge in [-0.25, -0.2) is 0 Å². The van der Waals surface area contributed by atoms with E-state index in [0.29, 0.717) is 11.8 Å². The molecule has 2 rings (SSSR count). The Labute approximate surface area is 136 Å². The quantitative estimate of drug-likeness (QED) is 0.849. The van der Waals surface area contributed by atoms with Crippen molar-refractivity contribution in [1.29, 1.82) is 0 Å². The minimum atomic E-state index is -0.0302. The molecule has 0 aromatic rings. The third-order valence-electron chi connectivity index (χ3n) is 5.03. The first kappa shape index (κ1) is 17.7. The average molecular weight is 310 g/mol. The van der Waals surface area contributed by atoms with E-state index in [9.17, 15) is 4.79 Å². The molecule has 1 saturated heterocycles. The van der Waals surface area contributed by atoms with Crippen molar-refractivity contribution in [3.63, 3.8) is 0 Å². The Balaban J connectivity index is 1.90. The van der Waals surface area contributed by atoms with Crippen molar-refractivity contribution in [1.82, 2.24) is 10.2 Å². The maximum absolute atomic E-state index is 12.7. The molecular weight excluding hydrogens is 276 g/mol. The van der Waals surface area contributed by atoms with Crippen LogP contribution < -0.4 is 5.32 Å². The van der Waals surface area contributed by atoms with Crippen LogP contribution in [0, 0.1) is 11.8 Å². The Morgan fingerprint density at radius 1 is 1.14 bits per heavy atom. The molecule has 1 saturated carbocycles. The average Bonchev–Trinajstić information content (AvgIpc) is 2.45. The summed E-state index contributed by atoms with van der Waals surface area (Å²) in [5.74, 6) is 1.22. The van der Waals surface area contributed by atoms with Gasteiger partial charge in [-0.15, -0.1) is 0 Å². The first-order valence-electron chi connectivity index (χ1n) is 9.14. The molecule has 0 aromatic carbocycles. The van der Waals surface area contributed by atoms with E-state index in [-0.39, 0.29) is 24.2 Å². The van der Waals surface area contributed by atoms with Gasteiger partial charge < -0.3 is 10.1 Å². The molecule has 1 aliphatic heterocycles. The monoisotopic (exact) mass is 310 g/mol. The van der Waals surface area contributed by atoms with Gasteiger partial charge in [-0.05, 0) is 38.5 Å². The first-order valence-corrected chi connectivity index (χ1v) is 9.14. The molecule has 22 heavy (non-hydrogen) atoms. The molecule has 1 heterocycles. The number of rotatable bonds is 5. The number of hydrogen-bond acceptors (Lipinski definition) is 3. The third-order valence-corrected chi connectivity index (χ3v) is 5.03. The number of carbonyl (C=O) groups is 1. The zero-order chi connectivity index (χ0) is 16.1. The number of morpholine rings is 1. The standard InChI is InChI=1S/C18H34N2O2/c1-13(2)17(20-11-14(3)22-15(4)12-20)18(21)19-10-16-8-6-5-7-9-16/h13-17H,5-12H2,1-4H3,(H,19,21). The minimum Gasteiger partial charge on any atom is -0.373 e. The van der Waals surface area contributed by atoms with Gasteiger partial charge in [0, 0.05) is 19.6 Å². The normalized spacial score (nSPS) is 29.5. The Hall–Kier alpha value is -0.610. The highest BCUT2D eigenvalue weighted by molar-refractivity contribution is 5.82. The highest BCUT2D eigenvalue weighted by Crippen LogP contribution is 2.23. The van der Waals surface area contributed by atoms with E-state index in [4.69, 9.17) is 4.74 Å². The summed E-state index contributed by atoms with van der Waals surface area (Å²) in [7, 11) is 0. The first-order chi connectivity index (χ1) is 10.5. The zero-order valence-corrected chi connectivity index (χ0v) is 14.8. The third kappa shape index (κ3) is 4.95. The second-order valence-electron chi connectivity index (χ2n) is 7.65. The topological polar surface area (TPSA) is 41.6 Å². The highest BCUT2D eigenvalue weighted by atomic mass is 16.5.